The Morgan fingerprint density at radius 2 is 2.40 bits per heavy atom. The average molecular weight is 278 g/mol. The Bertz CT molecular complexity index is 562. The Kier molecular flexibility index (Phi) is 4.83. The van der Waals surface area contributed by atoms with E-state index in [1.807, 2.05) is 11.5 Å². The van der Waals surface area contributed by atoms with Crippen LogP contribution < -0.4 is 5.32 Å². The van der Waals surface area contributed by atoms with Crippen molar-refractivity contribution in [3.63, 3.8) is 0 Å². The molecular formula is C12H18N6O2. The third-order valence-electron chi connectivity index (χ3n) is 2.77. The molecule has 8 heteroatoms. The van der Waals surface area contributed by atoms with Crippen molar-refractivity contribution in [2.24, 2.45) is 0 Å². The van der Waals surface area contributed by atoms with Gasteiger partial charge in [-0.2, -0.15) is 0 Å². The number of aromatic nitrogens is 5. The number of methoxy groups -OCH3 is 1. The van der Waals surface area contributed by atoms with E-state index in [4.69, 9.17) is 4.74 Å². The van der Waals surface area contributed by atoms with Crippen LogP contribution in [0.1, 0.15) is 28.6 Å². The van der Waals surface area contributed by atoms with E-state index in [-0.39, 0.29) is 5.91 Å². The molecule has 0 aliphatic heterocycles. The molecule has 2 rings (SSSR count). The largest absolute Gasteiger partial charge is 0.385 e. The molecule has 0 fully saturated rings. The van der Waals surface area contributed by atoms with Crippen LogP contribution in [-0.4, -0.2) is 44.4 Å². The van der Waals surface area contributed by atoms with Crippen molar-refractivity contribution in [2.75, 3.05) is 13.7 Å². The van der Waals surface area contributed by atoms with Gasteiger partial charge < -0.3 is 19.6 Å². The van der Waals surface area contributed by atoms with E-state index in [0.717, 1.165) is 18.7 Å². The highest BCUT2D eigenvalue weighted by Crippen LogP contribution is 1.99. The van der Waals surface area contributed by atoms with E-state index in [9.17, 15) is 4.79 Å². The molecule has 0 saturated heterocycles. The van der Waals surface area contributed by atoms with Gasteiger partial charge in [0.15, 0.2) is 11.6 Å². The van der Waals surface area contributed by atoms with E-state index in [1.54, 1.807) is 19.6 Å². The number of nitrogens with zero attached hydrogens (tertiary/aromatic N) is 4. The van der Waals surface area contributed by atoms with E-state index < -0.39 is 0 Å². The first kappa shape index (κ1) is 14.2. The lowest BCUT2D eigenvalue weighted by Crippen LogP contribution is -2.25. The third kappa shape index (κ3) is 3.64. The van der Waals surface area contributed by atoms with Gasteiger partial charge >= 0.3 is 0 Å². The summed E-state index contributed by atoms with van der Waals surface area (Å²) in [7, 11) is 1.67. The molecule has 0 atom stereocenters. The first-order valence-corrected chi connectivity index (χ1v) is 6.36. The van der Waals surface area contributed by atoms with Gasteiger partial charge in [0.2, 0.25) is 0 Å². The van der Waals surface area contributed by atoms with Crippen LogP contribution in [0.15, 0.2) is 12.5 Å². The summed E-state index contributed by atoms with van der Waals surface area (Å²) in [6, 6.07) is 0. The molecule has 0 aliphatic rings. The van der Waals surface area contributed by atoms with Crippen LogP contribution in [0.25, 0.3) is 0 Å². The van der Waals surface area contributed by atoms with E-state index >= 15 is 0 Å². The summed E-state index contributed by atoms with van der Waals surface area (Å²) < 4.78 is 6.90. The van der Waals surface area contributed by atoms with Crippen LogP contribution in [-0.2, 0) is 17.8 Å². The summed E-state index contributed by atoms with van der Waals surface area (Å²) in [5.41, 5.74) is 0.845. The number of imidazole rings is 1. The average Bonchev–Trinajstić information content (AvgIpc) is 3.05. The number of aromatic amines is 1. The summed E-state index contributed by atoms with van der Waals surface area (Å²) in [6.07, 6.45) is 4.13. The van der Waals surface area contributed by atoms with Gasteiger partial charge in [-0.05, 0) is 13.3 Å². The van der Waals surface area contributed by atoms with Gasteiger partial charge in [-0.1, -0.05) is 0 Å². The minimum Gasteiger partial charge on any atom is -0.385 e. The van der Waals surface area contributed by atoms with E-state index in [2.05, 4.69) is 25.5 Å². The van der Waals surface area contributed by atoms with Crippen molar-refractivity contribution < 1.29 is 9.53 Å². The minimum absolute atomic E-state index is 0.260. The monoisotopic (exact) mass is 278 g/mol. The second-order valence-corrected chi connectivity index (χ2v) is 4.38. The van der Waals surface area contributed by atoms with Crippen LogP contribution in [0.4, 0.5) is 0 Å². The van der Waals surface area contributed by atoms with Crippen LogP contribution >= 0.6 is 0 Å². The molecule has 0 aromatic carbocycles. The summed E-state index contributed by atoms with van der Waals surface area (Å²) in [4.78, 5) is 18.7. The summed E-state index contributed by atoms with van der Waals surface area (Å²) >= 11 is 0. The normalized spacial score (nSPS) is 10.7. The number of rotatable bonds is 7. The Morgan fingerprint density at radius 1 is 1.55 bits per heavy atom. The molecule has 8 nitrogen and oxygen atoms in total. The van der Waals surface area contributed by atoms with Crippen LogP contribution in [0, 0.1) is 6.92 Å². The van der Waals surface area contributed by atoms with Crippen LogP contribution in [0.5, 0.6) is 0 Å². The number of nitrogens with one attached hydrogen (secondary N) is 2. The minimum atomic E-state index is -0.260. The molecule has 2 aromatic rings. The van der Waals surface area contributed by atoms with Gasteiger partial charge in [0.05, 0.1) is 6.54 Å². The fourth-order valence-electron chi connectivity index (χ4n) is 1.75. The SMILES string of the molecule is COCCCn1cnnc1CNC(=O)c1ncc(C)[nH]1. The zero-order chi connectivity index (χ0) is 14.4. The lowest BCUT2D eigenvalue weighted by molar-refractivity contribution is 0.0939. The second kappa shape index (κ2) is 6.80. The smallest absolute Gasteiger partial charge is 0.287 e. The topological polar surface area (TPSA) is 97.7 Å². The second-order valence-electron chi connectivity index (χ2n) is 4.38. The van der Waals surface area contributed by atoms with Gasteiger partial charge in [0, 0.05) is 32.2 Å². The molecule has 0 unspecified atom stereocenters. The lowest BCUT2D eigenvalue weighted by atomic mass is 10.4. The van der Waals surface area contributed by atoms with Crippen molar-refractivity contribution in [1.82, 2.24) is 30.0 Å². The Balaban J connectivity index is 1.87. The zero-order valence-electron chi connectivity index (χ0n) is 11.6. The molecule has 2 heterocycles. The van der Waals surface area contributed by atoms with Crippen LogP contribution in [0.2, 0.25) is 0 Å². The summed E-state index contributed by atoms with van der Waals surface area (Å²) in [5.74, 6) is 0.746. The fraction of sp³-hybridized carbons (Fsp3) is 0.500. The fourth-order valence-corrected chi connectivity index (χ4v) is 1.75. The molecule has 2 aromatic heterocycles. The Morgan fingerprint density at radius 3 is 3.10 bits per heavy atom. The highest BCUT2D eigenvalue weighted by atomic mass is 16.5. The Hall–Kier alpha value is -2.22. The summed E-state index contributed by atoms with van der Waals surface area (Å²) in [6.45, 7) is 3.59. The van der Waals surface area contributed by atoms with E-state index in [0.29, 0.717) is 24.8 Å². The van der Waals surface area contributed by atoms with Gasteiger partial charge in [0.25, 0.3) is 5.91 Å². The maximum absolute atomic E-state index is 11.8. The third-order valence-corrected chi connectivity index (χ3v) is 2.77. The highest BCUT2D eigenvalue weighted by molar-refractivity contribution is 5.90. The van der Waals surface area contributed by atoms with Crippen molar-refractivity contribution in [3.05, 3.63) is 29.9 Å². The molecule has 0 radical (unpaired) electrons. The number of ether oxygens (including phenoxy) is 1. The maximum Gasteiger partial charge on any atom is 0.287 e. The van der Waals surface area contributed by atoms with Crippen LogP contribution in [0.3, 0.4) is 0 Å². The zero-order valence-corrected chi connectivity index (χ0v) is 11.6. The predicted molar refractivity (Wildman–Crippen MR) is 71.0 cm³/mol. The number of aryl methyl sites for hydroxylation is 2. The molecular weight excluding hydrogens is 260 g/mol. The number of carbonyl (C=O) groups is 1. The number of hydrogen-bond acceptors (Lipinski definition) is 5. The van der Waals surface area contributed by atoms with Gasteiger partial charge in [-0.3, -0.25) is 4.79 Å². The number of carbonyl (C=O) groups excluding carboxylic acids is 1. The maximum atomic E-state index is 11.8. The Labute approximate surface area is 116 Å². The molecule has 0 aliphatic carbocycles. The summed E-state index contributed by atoms with van der Waals surface area (Å²) in [5, 5.41) is 10.6. The molecule has 0 spiro atoms. The van der Waals surface area contributed by atoms with Crippen molar-refractivity contribution in [2.45, 2.75) is 26.4 Å². The van der Waals surface area contributed by atoms with Crippen molar-refractivity contribution in [1.29, 1.82) is 0 Å². The molecule has 20 heavy (non-hydrogen) atoms. The lowest BCUT2D eigenvalue weighted by Gasteiger charge is -2.06. The van der Waals surface area contributed by atoms with Crippen molar-refractivity contribution in [3.8, 4) is 0 Å². The predicted octanol–water partition coefficient (Wildman–Crippen LogP) is 0.276. The molecule has 0 bridgehead atoms. The molecule has 0 saturated carbocycles. The first-order valence-electron chi connectivity index (χ1n) is 6.36. The quantitative estimate of drug-likeness (QED) is 0.709. The molecule has 108 valence electrons. The number of hydrogen-bond donors (Lipinski definition) is 2. The highest BCUT2D eigenvalue weighted by Gasteiger charge is 2.11. The van der Waals surface area contributed by atoms with Gasteiger partial charge in [-0.15, -0.1) is 10.2 Å². The number of H-pyrrole nitrogens is 1. The first-order chi connectivity index (χ1) is 9.70. The van der Waals surface area contributed by atoms with Gasteiger partial charge in [0.1, 0.15) is 6.33 Å². The molecule has 1 amide bonds. The van der Waals surface area contributed by atoms with Crippen molar-refractivity contribution >= 4 is 5.91 Å². The molecule has 2 N–H and O–H groups in total. The standard InChI is InChI=1S/C12H18N6O2/c1-9-6-13-11(16-9)12(19)14-7-10-17-15-8-18(10)4-3-5-20-2/h6,8H,3-5,7H2,1-2H3,(H,13,16)(H,14,19). The van der Waals surface area contributed by atoms with Gasteiger partial charge in [-0.25, -0.2) is 4.98 Å². The van der Waals surface area contributed by atoms with E-state index in [1.165, 1.54) is 0 Å². The number of amides is 1.